The molecule has 0 aliphatic rings. The van der Waals surface area contributed by atoms with E-state index in [9.17, 15) is 4.79 Å². The fourth-order valence-corrected chi connectivity index (χ4v) is 1.51. The van der Waals surface area contributed by atoms with Gasteiger partial charge in [-0.2, -0.15) is 0 Å². The number of carbonyl (C=O) groups excluding carboxylic acids is 1. The van der Waals surface area contributed by atoms with Gasteiger partial charge < -0.3 is 14.7 Å². The Labute approximate surface area is 94.8 Å². The Kier molecular flexibility index (Phi) is 2.91. The topological polar surface area (TPSA) is 58.0 Å². The van der Waals surface area contributed by atoms with Crippen molar-refractivity contribution >= 4 is 21.8 Å². The average Bonchev–Trinajstić information content (AvgIpc) is 2.84. The van der Waals surface area contributed by atoms with E-state index in [1.54, 1.807) is 24.8 Å². The van der Waals surface area contributed by atoms with E-state index >= 15 is 0 Å². The summed E-state index contributed by atoms with van der Waals surface area (Å²) >= 11 is 3.26. The van der Waals surface area contributed by atoms with E-state index in [1.165, 1.54) is 0 Å². The summed E-state index contributed by atoms with van der Waals surface area (Å²) < 4.78 is 5.75. The van der Waals surface area contributed by atoms with Crippen molar-refractivity contribution in [3.8, 4) is 0 Å². The second-order valence-corrected chi connectivity index (χ2v) is 3.96. The third-order valence-electron chi connectivity index (χ3n) is 1.93. The Bertz CT molecular complexity index is 448. The standard InChI is InChI=1S/C10H9BrN2O2/c11-8-3-9(12-5-8)10(14)13-4-7-1-2-15-6-7/h1-3,5-6,12H,4H2,(H,13,14). The minimum Gasteiger partial charge on any atom is -0.472 e. The van der Waals surface area contributed by atoms with Gasteiger partial charge in [0.2, 0.25) is 0 Å². The summed E-state index contributed by atoms with van der Waals surface area (Å²) in [5.74, 6) is -0.137. The number of carbonyl (C=O) groups is 1. The smallest absolute Gasteiger partial charge is 0.268 e. The molecule has 2 aromatic rings. The largest absolute Gasteiger partial charge is 0.472 e. The van der Waals surface area contributed by atoms with E-state index in [1.807, 2.05) is 6.07 Å². The number of aromatic nitrogens is 1. The Morgan fingerprint density at radius 3 is 3.07 bits per heavy atom. The molecule has 4 nitrogen and oxygen atoms in total. The molecule has 2 rings (SSSR count). The zero-order chi connectivity index (χ0) is 10.7. The van der Waals surface area contributed by atoms with E-state index in [2.05, 4.69) is 26.2 Å². The molecule has 0 bridgehead atoms. The number of aromatic amines is 1. The lowest BCUT2D eigenvalue weighted by molar-refractivity contribution is 0.0946. The predicted octanol–water partition coefficient (Wildman–Crippen LogP) is 2.30. The maximum Gasteiger partial charge on any atom is 0.268 e. The predicted molar refractivity (Wildman–Crippen MR) is 58.4 cm³/mol. The molecule has 15 heavy (non-hydrogen) atoms. The zero-order valence-corrected chi connectivity index (χ0v) is 9.37. The molecule has 0 radical (unpaired) electrons. The molecule has 0 spiro atoms. The number of hydrogen-bond donors (Lipinski definition) is 2. The van der Waals surface area contributed by atoms with Crippen LogP contribution in [0.1, 0.15) is 16.1 Å². The number of amides is 1. The summed E-state index contributed by atoms with van der Waals surface area (Å²) in [7, 11) is 0. The molecule has 0 aliphatic carbocycles. The highest BCUT2D eigenvalue weighted by atomic mass is 79.9. The lowest BCUT2D eigenvalue weighted by Gasteiger charge is -2.00. The van der Waals surface area contributed by atoms with Crippen LogP contribution >= 0.6 is 15.9 Å². The molecule has 2 heterocycles. The number of halogens is 1. The van der Waals surface area contributed by atoms with Gasteiger partial charge in [-0.3, -0.25) is 4.79 Å². The van der Waals surface area contributed by atoms with Crippen molar-refractivity contribution in [2.24, 2.45) is 0 Å². The summed E-state index contributed by atoms with van der Waals surface area (Å²) in [4.78, 5) is 14.4. The molecule has 2 aromatic heterocycles. The van der Waals surface area contributed by atoms with E-state index in [0.717, 1.165) is 10.0 Å². The summed E-state index contributed by atoms with van der Waals surface area (Å²) in [6, 6.07) is 3.54. The van der Waals surface area contributed by atoms with Crippen LogP contribution in [-0.2, 0) is 6.54 Å². The average molecular weight is 269 g/mol. The van der Waals surface area contributed by atoms with Crippen molar-refractivity contribution in [1.29, 1.82) is 0 Å². The first-order valence-electron chi connectivity index (χ1n) is 4.39. The molecule has 0 unspecified atom stereocenters. The molecule has 1 amide bonds. The minimum atomic E-state index is -0.137. The van der Waals surface area contributed by atoms with E-state index < -0.39 is 0 Å². The van der Waals surface area contributed by atoms with Gasteiger partial charge in [0.15, 0.2) is 0 Å². The summed E-state index contributed by atoms with van der Waals surface area (Å²) in [6.07, 6.45) is 4.89. The van der Waals surface area contributed by atoms with Crippen molar-refractivity contribution in [3.63, 3.8) is 0 Å². The number of rotatable bonds is 3. The van der Waals surface area contributed by atoms with Crippen LogP contribution in [0, 0.1) is 0 Å². The third-order valence-corrected chi connectivity index (χ3v) is 2.38. The fraction of sp³-hybridized carbons (Fsp3) is 0.100. The Morgan fingerprint density at radius 2 is 2.47 bits per heavy atom. The van der Waals surface area contributed by atoms with Crippen LogP contribution in [0.5, 0.6) is 0 Å². The van der Waals surface area contributed by atoms with Gasteiger partial charge in [-0.05, 0) is 28.1 Å². The monoisotopic (exact) mass is 268 g/mol. The summed E-state index contributed by atoms with van der Waals surface area (Å²) in [6.45, 7) is 0.464. The molecule has 0 atom stereocenters. The second-order valence-electron chi connectivity index (χ2n) is 3.05. The van der Waals surface area contributed by atoms with Gasteiger partial charge >= 0.3 is 0 Å². The lowest BCUT2D eigenvalue weighted by Crippen LogP contribution is -2.22. The van der Waals surface area contributed by atoms with Gasteiger partial charge in [-0.15, -0.1) is 0 Å². The molecule has 2 N–H and O–H groups in total. The maximum absolute atomic E-state index is 11.6. The number of hydrogen-bond acceptors (Lipinski definition) is 2. The van der Waals surface area contributed by atoms with Crippen molar-refractivity contribution in [2.75, 3.05) is 0 Å². The van der Waals surface area contributed by atoms with Crippen LogP contribution in [-0.4, -0.2) is 10.9 Å². The molecule has 0 saturated heterocycles. The first kappa shape index (κ1) is 10.0. The van der Waals surface area contributed by atoms with Crippen LogP contribution in [0.25, 0.3) is 0 Å². The molecule has 5 heteroatoms. The third kappa shape index (κ3) is 2.50. The van der Waals surface area contributed by atoms with Crippen LogP contribution in [0.2, 0.25) is 0 Å². The summed E-state index contributed by atoms with van der Waals surface area (Å²) in [5.41, 5.74) is 1.47. The van der Waals surface area contributed by atoms with Gasteiger partial charge in [0.05, 0.1) is 12.5 Å². The van der Waals surface area contributed by atoms with E-state index in [0.29, 0.717) is 12.2 Å². The van der Waals surface area contributed by atoms with E-state index in [-0.39, 0.29) is 5.91 Å². The van der Waals surface area contributed by atoms with Crippen LogP contribution < -0.4 is 5.32 Å². The highest BCUT2D eigenvalue weighted by Gasteiger charge is 2.07. The van der Waals surface area contributed by atoms with Crippen LogP contribution in [0.15, 0.2) is 39.7 Å². The number of H-pyrrole nitrogens is 1. The Hall–Kier alpha value is -1.49. The fourth-order valence-electron chi connectivity index (χ4n) is 1.17. The van der Waals surface area contributed by atoms with Gasteiger partial charge in [0.25, 0.3) is 5.91 Å². The highest BCUT2D eigenvalue weighted by Crippen LogP contribution is 2.10. The Balaban J connectivity index is 1.93. The molecule has 0 aliphatic heterocycles. The van der Waals surface area contributed by atoms with Crippen molar-refractivity contribution in [1.82, 2.24) is 10.3 Å². The second kappa shape index (κ2) is 4.35. The van der Waals surface area contributed by atoms with Crippen molar-refractivity contribution < 1.29 is 9.21 Å². The normalized spacial score (nSPS) is 10.2. The van der Waals surface area contributed by atoms with Crippen molar-refractivity contribution in [2.45, 2.75) is 6.54 Å². The SMILES string of the molecule is O=C(NCc1ccoc1)c1cc(Br)c[nH]1. The molecule has 0 fully saturated rings. The molecular formula is C10H9BrN2O2. The first-order valence-corrected chi connectivity index (χ1v) is 5.18. The zero-order valence-electron chi connectivity index (χ0n) is 7.79. The molecule has 78 valence electrons. The first-order chi connectivity index (χ1) is 7.25. The lowest BCUT2D eigenvalue weighted by atomic mass is 10.3. The van der Waals surface area contributed by atoms with Crippen molar-refractivity contribution in [3.05, 3.63) is 46.6 Å². The van der Waals surface area contributed by atoms with Gasteiger partial charge in [-0.25, -0.2) is 0 Å². The van der Waals surface area contributed by atoms with Crippen LogP contribution in [0.3, 0.4) is 0 Å². The maximum atomic E-state index is 11.6. The highest BCUT2D eigenvalue weighted by molar-refractivity contribution is 9.10. The Morgan fingerprint density at radius 1 is 1.60 bits per heavy atom. The molecular weight excluding hydrogens is 260 g/mol. The number of nitrogens with one attached hydrogen (secondary N) is 2. The van der Waals surface area contributed by atoms with E-state index in [4.69, 9.17) is 4.42 Å². The number of furan rings is 1. The molecule has 0 aromatic carbocycles. The van der Waals surface area contributed by atoms with Gasteiger partial charge in [-0.1, -0.05) is 0 Å². The minimum absolute atomic E-state index is 0.137. The van der Waals surface area contributed by atoms with Gasteiger partial charge in [0, 0.05) is 22.8 Å². The molecule has 0 saturated carbocycles. The quantitative estimate of drug-likeness (QED) is 0.898. The summed E-state index contributed by atoms with van der Waals surface area (Å²) in [5, 5.41) is 2.76. The van der Waals surface area contributed by atoms with Crippen LogP contribution in [0.4, 0.5) is 0 Å². The van der Waals surface area contributed by atoms with Gasteiger partial charge in [0.1, 0.15) is 5.69 Å².